The van der Waals surface area contributed by atoms with Crippen LogP contribution in [-0.2, 0) is 11.3 Å². The van der Waals surface area contributed by atoms with Gasteiger partial charge in [-0.25, -0.2) is 4.98 Å². The minimum absolute atomic E-state index is 0.0738. The fourth-order valence-electron chi connectivity index (χ4n) is 3.03. The van der Waals surface area contributed by atoms with E-state index in [1.165, 1.54) is 0 Å². The molecule has 21 heavy (non-hydrogen) atoms. The number of nitrogens with zero attached hydrogens (tertiary/aromatic N) is 2. The van der Waals surface area contributed by atoms with Crippen LogP contribution >= 0.6 is 23.6 Å². The van der Waals surface area contributed by atoms with Gasteiger partial charge in [-0.05, 0) is 19.8 Å². The number of aromatic nitrogens is 1. The van der Waals surface area contributed by atoms with Crippen LogP contribution < -0.4 is 5.73 Å². The van der Waals surface area contributed by atoms with Crippen molar-refractivity contribution in [2.24, 2.45) is 11.1 Å². The van der Waals surface area contributed by atoms with Crippen molar-refractivity contribution in [1.82, 2.24) is 9.88 Å². The summed E-state index contributed by atoms with van der Waals surface area (Å²) in [7, 11) is 1.84. The van der Waals surface area contributed by atoms with Gasteiger partial charge in [0.05, 0.1) is 28.2 Å². The lowest BCUT2D eigenvalue weighted by atomic mass is 9.79. The van der Waals surface area contributed by atoms with E-state index in [0.717, 1.165) is 49.1 Å². The minimum atomic E-state index is -0.640. The molecule has 116 valence electrons. The van der Waals surface area contributed by atoms with Gasteiger partial charge in [-0.1, -0.05) is 37.9 Å². The second-order valence-corrected chi connectivity index (χ2v) is 7.26. The number of amides is 1. The molecular weight excluding hydrogens is 302 g/mol. The molecule has 1 aliphatic rings. The number of thiocarbonyl (C=S) groups is 1. The third kappa shape index (κ3) is 3.43. The first-order valence-corrected chi connectivity index (χ1v) is 8.70. The van der Waals surface area contributed by atoms with Gasteiger partial charge in [0.1, 0.15) is 0 Å². The predicted molar refractivity (Wildman–Crippen MR) is 90.2 cm³/mol. The van der Waals surface area contributed by atoms with Crippen molar-refractivity contribution >= 4 is 34.5 Å². The van der Waals surface area contributed by atoms with Crippen LogP contribution in [0.3, 0.4) is 0 Å². The molecule has 0 saturated heterocycles. The summed E-state index contributed by atoms with van der Waals surface area (Å²) in [4.78, 5) is 20.5. The van der Waals surface area contributed by atoms with E-state index in [4.69, 9.17) is 18.0 Å². The molecule has 1 saturated carbocycles. The normalized spacial score (nSPS) is 18.0. The van der Waals surface area contributed by atoms with Crippen molar-refractivity contribution in [3.05, 3.63) is 16.1 Å². The van der Waals surface area contributed by atoms with E-state index in [9.17, 15) is 4.79 Å². The van der Waals surface area contributed by atoms with Gasteiger partial charge in [0.25, 0.3) is 0 Å². The molecule has 2 N–H and O–H groups in total. The molecule has 0 aliphatic heterocycles. The molecule has 1 amide bonds. The third-order valence-electron chi connectivity index (χ3n) is 4.41. The van der Waals surface area contributed by atoms with Crippen LogP contribution in [0.15, 0.2) is 5.51 Å². The van der Waals surface area contributed by atoms with Crippen LogP contribution in [0, 0.1) is 12.3 Å². The van der Waals surface area contributed by atoms with E-state index >= 15 is 0 Å². The van der Waals surface area contributed by atoms with Crippen LogP contribution in [0.25, 0.3) is 0 Å². The number of rotatable bonds is 4. The number of carbonyl (C=O) groups excluding carboxylic acids is 1. The van der Waals surface area contributed by atoms with Gasteiger partial charge in [0, 0.05) is 11.9 Å². The highest BCUT2D eigenvalue weighted by Crippen LogP contribution is 2.37. The standard InChI is InChI=1S/C15H23N3OS2/c1-11-12(21-10-17-11)9-18(2)14(19)15(13(16)20)7-5-3-4-6-8-15/h10H,3-9H2,1-2H3,(H2,16,20). The van der Waals surface area contributed by atoms with Gasteiger partial charge in [-0.2, -0.15) is 0 Å². The molecule has 1 heterocycles. The number of aryl methyl sites for hydroxylation is 1. The maximum Gasteiger partial charge on any atom is 0.235 e. The molecular formula is C15H23N3OS2. The second-order valence-electron chi connectivity index (χ2n) is 5.88. The van der Waals surface area contributed by atoms with Crippen LogP contribution in [-0.4, -0.2) is 27.8 Å². The Morgan fingerprint density at radius 2 is 2.05 bits per heavy atom. The molecule has 0 aromatic carbocycles. The van der Waals surface area contributed by atoms with E-state index in [0.29, 0.717) is 11.5 Å². The summed E-state index contributed by atoms with van der Waals surface area (Å²) in [6.45, 7) is 2.55. The summed E-state index contributed by atoms with van der Waals surface area (Å²) in [5.41, 5.74) is 8.16. The van der Waals surface area contributed by atoms with Crippen molar-refractivity contribution in [3.63, 3.8) is 0 Å². The summed E-state index contributed by atoms with van der Waals surface area (Å²) < 4.78 is 0. The van der Waals surface area contributed by atoms with Crippen LogP contribution in [0.2, 0.25) is 0 Å². The monoisotopic (exact) mass is 325 g/mol. The lowest BCUT2D eigenvalue weighted by molar-refractivity contribution is -0.138. The highest BCUT2D eigenvalue weighted by atomic mass is 32.1. The van der Waals surface area contributed by atoms with Crippen LogP contribution in [0.5, 0.6) is 0 Å². The molecule has 6 heteroatoms. The number of hydrogen-bond donors (Lipinski definition) is 1. The molecule has 1 aromatic rings. The first kappa shape index (κ1) is 16.4. The Balaban J connectivity index is 2.17. The topological polar surface area (TPSA) is 59.2 Å². The summed E-state index contributed by atoms with van der Waals surface area (Å²) in [5, 5.41) is 0. The van der Waals surface area contributed by atoms with E-state index in [-0.39, 0.29) is 5.91 Å². The zero-order valence-corrected chi connectivity index (χ0v) is 14.4. The number of nitrogens with two attached hydrogens (primary N) is 1. The van der Waals surface area contributed by atoms with E-state index in [2.05, 4.69) is 4.98 Å². The van der Waals surface area contributed by atoms with Crippen LogP contribution in [0.4, 0.5) is 0 Å². The first-order chi connectivity index (χ1) is 9.97. The Morgan fingerprint density at radius 3 is 2.52 bits per heavy atom. The Hall–Kier alpha value is -1.01. The SMILES string of the molecule is Cc1ncsc1CN(C)C(=O)C1(C(N)=S)CCCCCC1. The molecule has 0 radical (unpaired) electrons. The van der Waals surface area contributed by atoms with Crippen molar-refractivity contribution in [2.45, 2.75) is 52.0 Å². The average molecular weight is 326 g/mol. The van der Waals surface area contributed by atoms with Crippen LogP contribution in [0.1, 0.15) is 49.1 Å². The molecule has 1 fully saturated rings. The lowest BCUT2D eigenvalue weighted by Crippen LogP contribution is -2.49. The van der Waals surface area contributed by atoms with Gasteiger partial charge < -0.3 is 10.6 Å². The first-order valence-electron chi connectivity index (χ1n) is 7.42. The van der Waals surface area contributed by atoms with Gasteiger partial charge in [-0.15, -0.1) is 11.3 Å². The smallest absolute Gasteiger partial charge is 0.235 e. The molecule has 4 nitrogen and oxygen atoms in total. The van der Waals surface area contributed by atoms with Crippen molar-refractivity contribution < 1.29 is 4.79 Å². The van der Waals surface area contributed by atoms with Crippen molar-refractivity contribution in [2.75, 3.05) is 7.05 Å². The fourth-order valence-corrected chi connectivity index (χ4v) is 4.15. The zero-order valence-electron chi connectivity index (χ0n) is 12.7. The molecule has 1 aromatic heterocycles. The molecule has 0 unspecified atom stereocenters. The summed E-state index contributed by atoms with van der Waals surface area (Å²) in [6.07, 6.45) is 5.94. The summed E-state index contributed by atoms with van der Waals surface area (Å²) >= 11 is 6.86. The Bertz CT molecular complexity index is 519. The highest BCUT2D eigenvalue weighted by molar-refractivity contribution is 7.80. The maximum atomic E-state index is 13.0. The van der Waals surface area contributed by atoms with Gasteiger partial charge in [0.15, 0.2) is 0 Å². The fraction of sp³-hybridized carbons (Fsp3) is 0.667. The predicted octanol–water partition coefficient (Wildman–Crippen LogP) is 3.04. The third-order valence-corrected chi connectivity index (χ3v) is 5.72. The van der Waals surface area contributed by atoms with Gasteiger partial charge in [0.2, 0.25) is 5.91 Å². The number of hydrogen-bond acceptors (Lipinski definition) is 4. The summed E-state index contributed by atoms with van der Waals surface area (Å²) in [5.74, 6) is 0.0738. The average Bonchev–Trinajstić information content (AvgIpc) is 2.71. The second kappa shape index (κ2) is 6.83. The van der Waals surface area contributed by atoms with Crippen molar-refractivity contribution in [3.8, 4) is 0 Å². The van der Waals surface area contributed by atoms with E-state index in [1.54, 1.807) is 16.2 Å². The maximum absolute atomic E-state index is 13.0. The Morgan fingerprint density at radius 1 is 1.43 bits per heavy atom. The number of carbonyl (C=O) groups is 1. The van der Waals surface area contributed by atoms with Gasteiger partial charge >= 0.3 is 0 Å². The quantitative estimate of drug-likeness (QED) is 0.683. The summed E-state index contributed by atoms with van der Waals surface area (Å²) in [6, 6.07) is 0. The Labute approximate surface area is 135 Å². The number of thiazole rings is 1. The minimum Gasteiger partial charge on any atom is -0.392 e. The largest absolute Gasteiger partial charge is 0.392 e. The molecule has 1 aliphatic carbocycles. The molecule has 2 rings (SSSR count). The van der Waals surface area contributed by atoms with Crippen molar-refractivity contribution in [1.29, 1.82) is 0 Å². The zero-order chi connectivity index (χ0) is 15.5. The lowest BCUT2D eigenvalue weighted by Gasteiger charge is -2.34. The van der Waals surface area contributed by atoms with E-state index in [1.807, 2.05) is 19.5 Å². The van der Waals surface area contributed by atoms with Gasteiger partial charge in [-0.3, -0.25) is 4.79 Å². The van der Waals surface area contributed by atoms with E-state index < -0.39 is 5.41 Å². The molecule has 0 atom stereocenters. The molecule has 0 spiro atoms. The molecule has 0 bridgehead atoms. The highest BCUT2D eigenvalue weighted by Gasteiger charge is 2.43. The Kier molecular flexibility index (Phi) is 5.32.